The standard InChI is InChI=1S/C14H18N4O3/c1-4-21-12-8-6-5-7-11(12)13-15-16-17-18(13)10(3)9(2)14(19)20/h5-10H,4H2,1-3H3,(H,19,20). The van der Waals surface area contributed by atoms with Gasteiger partial charge in [-0.15, -0.1) is 5.10 Å². The van der Waals surface area contributed by atoms with E-state index >= 15 is 0 Å². The highest BCUT2D eigenvalue weighted by molar-refractivity contribution is 5.70. The fraction of sp³-hybridized carbons (Fsp3) is 0.429. The number of ether oxygens (including phenoxy) is 1. The van der Waals surface area contributed by atoms with Crippen LogP contribution in [0.5, 0.6) is 5.75 Å². The van der Waals surface area contributed by atoms with Gasteiger partial charge in [0.1, 0.15) is 5.75 Å². The van der Waals surface area contributed by atoms with Gasteiger partial charge >= 0.3 is 5.97 Å². The van der Waals surface area contributed by atoms with Crippen LogP contribution in [0.1, 0.15) is 26.8 Å². The Morgan fingerprint density at radius 3 is 2.76 bits per heavy atom. The third-order valence-electron chi connectivity index (χ3n) is 3.42. The van der Waals surface area contributed by atoms with E-state index in [1.165, 1.54) is 4.68 Å². The maximum Gasteiger partial charge on any atom is 0.308 e. The Hall–Kier alpha value is -2.44. The molecule has 0 saturated carbocycles. The van der Waals surface area contributed by atoms with Gasteiger partial charge in [0, 0.05) is 0 Å². The van der Waals surface area contributed by atoms with Crippen LogP contribution in [0, 0.1) is 5.92 Å². The zero-order valence-corrected chi connectivity index (χ0v) is 12.2. The molecule has 1 heterocycles. The predicted octanol–water partition coefficient (Wildman–Crippen LogP) is 2.02. The van der Waals surface area contributed by atoms with Gasteiger partial charge in [-0.2, -0.15) is 0 Å². The van der Waals surface area contributed by atoms with Crippen LogP contribution in [-0.4, -0.2) is 37.9 Å². The van der Waals surface area contributed by atoms with E-state index in [1.807, 2.05) is 31.2 Å². The van der Waals surface area contributed by atoms with E-state index in [-0.39, 0.29) is 6.04 Å². The number of carboxylic acid groups (broad SMARTS) is 1. The monoisotopic (exact) mass is 290 g/mol. The average molecular weight is 290 g/mol. The Kier molecular flexibility index (Phi) is 4.52. The second-order valence-electron chi connectivity index (χ2n) is 4.74. The normalized spacial score (nSPS) is 13.7. The van der Waals surface area contributed by atoms with Gasteiger partial charge in [-0.3, -0.25) is 4.79 Å². The number of tetrazole rings is 1. The first kappa shape index (κ1) is 15.0. The molecule has 112 valence electrons. The highest BCUT2D eigenvalue weighted by atomic mass is 16.5. The van der Waals surface area contributed by atoms with Gasteiger partial charge < -0.3 is 9.84 Å². The predicted molar refractivity (Wildman–Crippen MR) is 75.9 cm³/mol. The molecular formula is C14H18N4O3. The van der Waals surface area contributed by atoms with Crippen molar-refractivity contribution in [3.05, 3.63) is 24.3 Å². The summed E-state index contributed by atoms with van der Waals surface area (Å²) in [6.07, 6.45) is 0. The summed E-state index contributed by atoms with van der Waals surface area (Å²) in [6, 6.07) is 7.05. The SMILES string of the molecule is CCOc1ccccc1-c1nnnn1C(C)C(C)C(=O)O. The third-order valence-corrected chi connectivity index (χ3v) is 3.42. The van der Waals surface area contributed by atoms with Crippen LogP contribution >= 0.6 is 0 Å². The van der Waals surface area contributed by atoms with Crippen molar-refractivity contribution in [2.75, 3.05) is 6.61 Å². The Balaban J connectivity index is 2.43. The Morgan fingerprint density at radius 1 is 1.38 bits per heavy atom. The molecule has 0 aliphatic carbocycles. The van der Waals surface area contributed by atoms with E-state index in [9.17, 15) is 4.79 Å². The van der Waals surface area contributed by atoms with Crippen LogP contribution in [0.4, 0.5) is 0 Å². The van der Waals surface area contributed by atoms with Crippen molar-refractivity contribution < 1.29 is 14.6 Å². The number of rotatable bonds is 6. The molecule has 0 saturated heterocycles. The van der Waals surface area contributed by atoms with Crippen LogP contribution < -0.4 is 4.74 Å². The quantitative estimate of drug-likeness (QED) is 0.875. The number of aliphatic carboxylic acids is 1. The Labute approximate surface area is 122 Å². The number of hydrogen-bond acceptors (Lipinski definition) is 5. The molecule has 0 aliphatic rings. The van der Waals surface area contributed by atoms with Crippen molar-refractivity contribution in [3.63, 3.8) is 0 Å². The average Bonchev–Trinajstić information content (AvgIpc) is 2.95. The summed E-state index contributed by atoms with van der Waals surface area (Å²) < 4.78 is 7.10. The van der Waals surface area contributed by atoms with Crippen LogP contribution in [-0.2, 0) is 4.79 Å². The van der Waals surface area contributed by atoms with Crippen molar-refractivity contribution in [1.29, 1.82) is 0 Å². The van der Waals surface area contributed by atoms with Gasteiger partial charge in [-0.25, -0.2) is 4.68 Å². The molecule has 2 atom stereocenters. The number of nitrogens with zero attached hydrogens (tertiary/aromatic N) is 4. The van der Waals surface area contributed by atoms with Crippen LogP contribution in [0.15, 0.2) is 24.3 Å². The lowest BCUT2D eigenvalue weighted by Gasteiger charge is -2.18. The van der Waals surface area contributed by atoms with Crippen LogP contribution in [0.3, 0.4) is 0 Å². The molecule has 0 bridgehead atoms. The summed E-state index contributed by atoms with van der Waals surface area (Å²) in [5, 5.41) is 20.8. The summed E-state index contributed by atoms with van der Waals surface area (Å²) in [5.74, 6) is -0.320. The van der Waals surface area contributed by atoms with Crippen molar-refractivity contribution in [2.24, 2.45) is 5.92 Å². The molecule has 2 unspecified atom stereocenters. The highest BCUT2D eigenvalue weighted by Crippen LogP contribution is 2.30. The van der Waals surface area contributed by atoms with Gasteiger partial charge in [0.15, 0.2) is 5.82 Å². The van der Waals surface area contributed by atoms with Gasteiger partial charge in [-0.1, -0.05) is 12.1 Å². The smallest absolute Gasteiger partial charge is 0.308 e. The Morgan fingerprint density at radius 2 is 2.10 bits per heavy atom. The van der Waals surface area contributed by atoms with E-state index < -0.39 is 11.9 Å². The zero-order chi connectivity index (χ0) is 15.4. The molecule has 0 fully saturated rings. The van der Waals surface area contributed by atoms with Crippen molar-refractivity contribution in [3.8, 4) is 17.1 Å². The van der Waals surface area contributed by atoms with E-state index in [0.29, 0.717) is 18.2 Å². The largest absolute Gasteiger partial charge is 0.493 e. The second kappa shape index (κ2) is 6.34. The molecule has 2 aromatic rings. The third kappa shape index (κ3) is 3.01. The summed E-state index contributed by atoms with van der Waals surface area (Å²) in [6.45, 7) is 5.84. The van der Waals surface area contributed by atoms with Gasteiger partial charge in [-0.05, 0) is 43.3 Å². The van der Waals surface area contributed by atoms with E-state index in [1.54, 1.807) is 13.8 Å². The first-order chi connectivity index (χ1) is 10.1. The lowest BCUT2D eigenvalue weighted by molar-refractivity contribution is -0.142. The van der Waals surface area contributed by atoms with Crippen LogP contribution in [0.2, 0.25) is 0 Å². The maximum atomic E-state index is 11.1. The second-order valence-corrected chi connectivity index (χ2v) is 4.74. The van der Waals surface area contributed by atoms with Crippen molar-refractivity contribution in [2.45, 2.75) is 26.8 Å². The first-order valence-corrected chi connectivity index (χ1v) is 6.79. The summed E-state index contributed by atoms with van der Waals surface area (Å²) in [4.78, 5) is 11.1. The fourth-order valence-corrected chi connectivity index (χ4v) is 2.00. The topological polar surface area (TPSA) is 90.1 Å². The van der Waals surface area contributed by atoms with Gasteiger partial charge in [0.25, 0.3) is 0 Å². The lowest BCUT2D eigenvalue weighted by atomic mass is 10.0. The molecule has 0 spiro atoms. The maximum absolute atomic E-state index is 11.1. The molecular weight excluding hydrogens is 272 g/mol. The molecule has 0 radical (unpaired) electrons. The minimum atomic E-state index is -0.887. The molecule has 1 aromatic carbocycles. The van der Waals surface area contributed by atoms with E-state index in [0.717, 1.165) is 5.56 Å². The first-order valence-electron chi connectivity index (χ1n) is 6.79. The highest BCUT2D eigenvalue weighted by Gasteiger charge is 2.26. The number of benzene rings is 1. The van der Waals surface area contributed by atoms with Gasteiger partial charge in [0.2, 0.25) is 0 Å². The van der Waals surface area contributed by atoms with Crippen molar-refractivity contribution >= 4 is 5.97 Å². The summed E-state index contributed by atoms with van der Waals surface area (Å²) >= 11 is 0. The molecule has 7 heteroatoms. The van der Waals surface area contributed by atoms with E-state index in [4.69, 9.17) is 9.84 Å². The molecule has 0 aliphatic heterocycles. The zero-order valence-electron chi connectivity index (χ0n) is 12.2. The molecule has 21 heavy (non-hydrogen) atoms. The molecule has 1 N–H and O–H groups in total. The lowest BCUT2D eigenvalue weighted by Crippen LogP contribution is -2.23. The number of hydrogen-bond donors (Lipinski definition) is 1. The van der Waals surface area contributed by atoms with E-state index in [2.05, 4.69) is 15.5 Å². The van der Waals surface area contributed by atoms with Crippen molar-refractivity contribution in [1.82, 2.24) is 20.2 Å². The van der Waals surface area contributed by atoms with Crippen LogP contribution in [0.25, 0.3) is 11.4 Å². The number of para-hydroxylation sites is 1. The Bertz CT molecular complexity index is 626. The fourth-order valence-electron chi connectivity index (χ4n) is 2.00. The minimum absolute atomic E-state index is 0.373. The molecule has 2 rings (SSSR count). The number of carbonyl (C=O) groups is 1. The van der Waals surface area contributed by atoms with Gasteiger partial charge in [0.05, 0.1) is 24.1 Å². The summed E-state index contributed by atoms with van der Waals surface area (Å²) in [7, 11) is 0. The number of carboxylic acids is 1. The summed E-state index contributed by atoms with van der Waals surface area (Å²) in [5.41, 5.74) is 0.744. The molecule has 0 amide bonds. The molecule has 7 nitrogen and oxygen atoms in total. The molecule has 1 aromatic heterocycles. The number of aromatic nitrogens is 4. The minimum Gasteiger partial charge on any atom is -0.493 e.